The smallest absolute Gasteiger partial charge is 0.158 e. The fraction of sp³-hybridized carbons (Fsp3) is 0.733. The van der Waals surface area contributed by atoms with Gasteiger partial charge in [0.05, 0.1) is 0 Å². The number of nitrogens with zero attached hydrogens (tertiary/aromatic N) is 2. The summed E-state index contributed by atoms with van der Waals surface area (Å²) >= 11 is 0. The maximum absolute atomic E-state index is 5.41. The van der Waals surface area contributed by atoms with Gasteiger partial charge < -0.3 is 15.4 Å². The molecule has 20 heavy (non-hydrogen) atoms. The van der Waals surface area contributed by atoms with Gasteiger partial charge in [-0.05, 0) is 31.6 Å². The molecule has 0 radical (unpaired) electrons. The van der Waals surface area contributed by atoms with E-state index in [0.717, 1.165) is 48.8 Å². The number of aromatic nitrogens is 2. The fourth-order valence-corrected chi connectivity index (χ4v) is 2.11. The molecule has 112 valence electrons. The summed E-state index contributed by atoms with van der Waals surface area (Å²) in [7, 11) is 0. The number of ether oxygens (including phenoxy) is 1. The molecular formula is C15H26N4O. The zero-order valence-electron chi connectivity index (χ0n) is 12.8. The molecule has 1 saturated carbocycles. The minimum Gasteiger partial charge on any atom is -0.374 e. The van der Waals surface area contributed by atoms with Gasteiger partial charge in [-0.3, -0.25) is 0 Å². The molecule has 0 spiro atoms. The summed E-state index contributed by atoms with van der Waals surface area (Å²) in [6, 6.07) is 1.98. The summed E-state index contributed by atoms with van der Waals surface area (Å²) in [4.78, 5) is 9.00. The van der Waals surface area contributed by atoms with Crippen LogP contribution in [0.3, 0.4) is 0 Å². The molecule has 5 nitrogen and oxygen atoms in total. The molecule has 2 rings (SSSR count). The zero-order chi connectivity index (χ0) is 14.4. The van der Waals surface area contributed by atoms with Crippen LogP contribution in [-0.4, -0.2) is 29.7 Å². The van der Waals surface area contributed by atoms with Gasteiger partial charge in [0.15, 0.2) is 5.82 Å². The lowest BCUT2D eigenvalue weighted by molar-refractivity contribution is 0.128. The highest BCUT2D eigenvalue weighted by Gasteiger charge is 2.31. The third-order valence-corrected chi connectivity index (χ3v) is 3.59. The van der Waals surface area contributed by atoms with Gasteiger partial charge in [0.1, 0.15) is 18.2 Å². The van der Waals surface area contributed by atoms with Gasteiger partial charge in [0.25, 0.3) is 0 Å². The van der Waals surface area contributed by atoms with Crippen LogP contribution in [0, 0.1) is 11.8 Å². The van der Waals surface area contributed by atoms with Crippen LogP contribution < -0.4 is 10.6 Å². The Morgan fingerprint density at radius 3 is 2.55 bits per heavy atom. The van der Waals surface area contributed by atoms with Crippen LogP contribution in [-0.2, 0) is 11.3 Å². The molecule has 1 fully saturated rings. The monoisotopic (exact) mass is 278 g/mol. The molecule has 5 heteroatoms. The van der Waals surface area contributed by atoms with Crippen molar-refractivity contribution in [3.63, 3.8) is 0 Å². The van der Waals surface area contributed by atoms with Gasteiger partial charge >= 0.3 is 0 Å². The molecule has 0 saturated heterocycles. The van der Waals surface area contributed by atoms with Crippen molar-refractivity contribution in [1.82, 2.24) is 9.97 Å². The quantitative estimate of drug-likeness (QED) is 0.727. The second kappa shape index (κ2) is 7.43. The van der Waals surface area contributed by atoms with Crippen molar-refractivity contribution in [2.45, 2.75) is 40.2 Å². The Hall–Kier alpha value is -1.36. The first-order chi connectivity index (χ1) is 9.72. The first-order valence-electron chi connectivity index (χ1n) is 7.66. The number of nitrogens with one attached hydrogen (secondary N) is 2. The van der Waals surface area contributed by atoms with E-state index in [1.54, 1.807) is 0 Å². The Kier molecular flexibility index (Phi) is 5.59. The highest BCUT2D eigenvalue weighted by molar-refractivity contribution is 5.47. The summed E-state index contributed by atoms with van der Waals surface area (Å²) < 4.78 is 5.41. The summed E-state index contributed by atoms with van der Waals surface area (Å²) in [5.41, 5.74) is 0. The molecule has 2 atom stereocenters. The second-order valence-electron chi connectivity index (χ2n) is 5.47. The Morgan fingerprint density at radius 1 is 1.25 bits per heavy atom. The molecular weight excluding hydrogens is 252 g/mol. The van der Waals surface area contributed by atoms with Gasteiger partial charge in [-0.25, -0.2) is 9.97 Å². The molecule has 2 N–H and O–H groups in total. The molecule has 1 heterocycles. The van der Waals surface area contributed by atoms with Crippen molar-refractivity contribution in [3.05, 3.63) is 11.9 Å². The van der Waals surface area contributed by atoms with E-state index >= 15 is 0 Å². The van der Waals surface area contributed by atoms with E-state index in [-0.39, 0.29) is 0 Å². The first kappa shape index (κ1) is 15.0. The topological polar surface area (TPSA) is 59.1 Å². The minimum absolute atomic E-state index is 0.465. The summed E-state index contributed by atoms with van der Waals surface area (Å²) in [6.45, 7) is 9.48. The van der Waals surface area contributed by atoms with Crippen molar-refractivity contribution in [2.75, 3.05) is 30.3 Å². The lowest BCUT2D eigenvalue weighted by atomic mass is 10.3. The van der Waals surface area contributed by atoms with E-state index < -0.39 is 0 Å². The molecule has 1 aromatic heterocycles. The van der Waals surface area contributed by atoms with Gasteiger partial charge in [-0.15, -0.1) is 0 Å². The first-order valence-corrected chi connectivity index (χ1v) is 7.66. The van der Waals surface area contributed by atoms with Gasteiger partial charge in [-0.1, -0.05) is 13.8 Å². The van der Waals surface area contributed by atoms with Gasteiger partial charge in [0, 0.05) is 25.8 Å². The molecule has 0 aromatic carbocycles. The summed E-state index contributed by atoms with van der Waals surface area (Å²) in [6.07, 6.45) is 2.40. The van der Waals surface area contributed by atoms with Crippen LogP contribution in [0.25, 0.3) is 0 Å². The maximum Gasteiger partial charge on any atom is 0.158 e. The van der Waals surface area contributed by atoms with E-state index in [1.165, 1.54) is 6.42 Å². The van der Waals surface area contributed by atoms with E-state index in [1.807, 2.05) is 13.0 Å². The minimum atomic E-state index is 0.465. The third-order valence-electron chi connectivity index (χ3n) is 3.59. The van der Waals surface area contributed by atoms with Crippen molar-refractivity contribution >= 4 is 11.6 Å². The molecule has 0 amide bonds. The largest absolute Gasteiger partial charge is 0.374 e. The van der Waals surface area contributed by atoms with Crippen molar-refractivity contribution in [2.24, 2.45) is 11.8 Å². The molecule has 1 aromatic rings. The maximum atomic E-state index is 5.41. The lowest BCUT2D eigenvalue weighted by Crippen LogP contribution is -2.11. The summed E-state index contributed by atoms with van der Waals surface area (Å²) in [5, 5.41) is 6.74. The SMILES string of the molecule is CCCNc1cc(NCC2CC2C)nc(COCC)n1. The van der Waals surface area contributed by atoms with Crippen molar-refractivity contribution < 1.29 is 4.74 Å². The number of anilines is 2. The van der Waals surface area contributed by atoms with Crippen LogP contribution >= 0.6 is 0 Å². The lowest BCUT2D eigenvalue weighted by Gasteiger charge is -2.11. The van der Waals surface area contributed by atoms with Crippen LogP contribution in [0.4, 0.5) is 11.6 Å². The highest BCUT2D eigenvalue weighted by atomic mass is 16.5. The van der Waals surface area contributed by atoms with Crippen molar-refractivity contribution in [1.29, 1.82) is 0 Å². The molecule has 1 aliphatic carbocycles. The van der Waals surface area contributed by atoms with Gasteiger partial charge in [0.2, 0.25) is 0 Å². The van der Waals surface area contributed by atoms with E-state index in [0.29, 0.717) is 13.2 Å². The second-order valence-corrected chi connectivity index (χ2v) is 5.47. The van der Waals surface area contributed by atoms with Gasteiger partial charge in [-0.2, -0.15) is 0 Å². The highest BCUT2D eigenvalue weighted by Crippen LogP contribution is 2.37. The predicted octanol–water partition coefficient (Wildman–Crippen LogP) is 2.90. The molecule has 0 bridgehead atoms. The van der Waals surface area contributed by atoms with E-state index in [4.69, 9.17) is 4.74 Å². The average Bonchev–Trinajstić information content (AvgIpc) is 3.16. The Bertz CT molecular complexity index is 398. The van der Waals surface area contributed by atoms with Crippen LogP contribution in [0.2, 0.25) is 0 Å². The summed E-state index contributed by atoms with van der Waals surface area (Å²) in [5.74, 6) is 4.16. The zero-order valence-corrected chi connectivity index (χ0v) is 12.8. The Morgan fingerprint density at radius 2 is 1.95 bits per heavy atom. The van der Waals surface area contributed by atoms with E-state index in [9.17, 15) is 0 Å². The molecule has 1 aliphatic rings. The standard InChI is InChI=1S/C15H26N4O/c1-4-6-16-13-8-14(17-9-12-7-11(12)3)19-15(18-13)10-20-5-2/h8,11-12H,4-7,9-10H2,1-3H3,(H2,16,17,18,19). The Balaban J connectivity index is 1.98. The van der Waals surface area contributed by atoms with Crippen molar-refractivity contribution in [3.8, 4) is 0 Å². The van der Waals surface area contributed by atoms with Crippen LogP contribution in [0.5, 0.6) is 0 Å². The normalized spacial score (nSPS) is 20.8. The molecule has 0 aliphatic heterocycles. The number of hydrogen-bond acceptors (Lipinski definition) is 5. The van der Waals surface area contributed by atoms with Crippen LogP contribution in [0.15, 0.2) is 6.07 Å². The molecule has 2 unspecified atom stereocenters. The average molecular weight is 278 g/mol. The van der Waals surface area contributed by atoms with Crippen LogP contribution in [0.1, 0.15) is 39.4 Å². The predicted molar refractivity (Wildman–Crippen MR) is 81.9 cm³/mol. The Labute approximate surface area is 121 Å². The fourth-order valence-electron chi connectivity index (χ4n) is 2.11. The third kappa shape index (κ3) is 4.63. The van der Waals surface area contributed by atoms with E-state index in [2.05, 4.69) is 34.4 Å². The number of rotatable bonds is 9. The number of hydrogen-bond donors (Lipinski definition) is 2.